The minimum absolute atomic E-state index is 0.137. The van der Waals surface area contributed by atoms with E-state index in [0.717, 1.165) is 18.5 Å². The first-order valence-electron chi connectivity index (χ1n) is 6.48. The number of rotatable bonds is 3. The van der Waals surface area contributed by atoms with E-state index in [1.165, 1.54) is 17.2 Å². The topological polar surface area (TPSA) is 72.2 Å². The number of benzene rings is 2. The second-order valence-electron chi connectivity index (χ2n) is 5.09. The van der Waals surface area contributed by atoms with E-state index in [9.17, 15) is 8.42 Å². The van der Waals surface area contributed by atoms with Gasteiger partial charge in [-0.2, -0.15) is 0 Å². The lowest BCUT2D eigenvalue weighted by atomic mass is 10.1. The summed E-state index contributed by atoms with van der Waals surface area (Å²) in [6, 6.07) is 15.3. The number of hydrogen-bond donors (Lipinski definition) is 2. The van der Waals surface area contributed by atoms with Crippen LogP contribution in [0.2, 0.25) is 0 Å². The van der Waals surface area contributed by atoms with Crippen LogP contribution in [0.15, 0.2) is 53.4 Å². The van der Waals surface area contributed by atoms with Crippen molar-refractivity contribution >= 4 is 15.7 Å². The summed E-state index contributed by atoms with van der Waals surface area (Å²) in [6.07, 6.45) is 1.91. The summed E-state index contributed by atoms with van der Waals surface area (Å²) in [5, 5.41) is 8.53. The van der Waals surface area contributed by atoms with Gasteiger partial charge in [0.05, 0.1) is 4.90 Å². The zero-order valence-corrected chi connectivity index (χ0v) is 11.7. The third kappa shape index (κ3) is 2.69. The van der Waals surface area contributed by atoms with Crippen molar-refractivity contribution < 1.29 is 8.42 Å². The Bertz CT molecular complexity index is 716. The number of primary sulfonamides is 1. The average Bonchev–Trinajstić information content (AvgIpc) is 2.80. The van der Waals surface area contributed by atoms with E-state index < -0.39 is 10.0 Å². The van der Waals surface area contributed by atoms with Crippen LogP contribution in [0, 0.1) is 0 Å². The van der Waals surface area contributed by atoms with Gasteiger partial charge in [0.1, 0.15) is 0 Å². The normalized spacial score (nSPS) is 15.1. The Labute approximate surface area is 118 Å². The molecule has 0 aliphatic heterocycles. The van der Waals surface area contributed by atoms with Gasteiger partial charge in [-0.1, -0.05) is 30.3 Å². The summed E-state index contributed by atoms with van der Waals surface area (Å²) in [4.78, 5) is 0.137. The highest BCUT2D eigenvalue weighted by molar-refractivity contribution is 7.89. The SMILES string of the molecule is NS(=O)(=O)c1cccc(NC2Cc3ccccc3C2)c1. The molecule has 0 radical (unpaired) electrons. The van der Waals surface area contributed by atoms with Gasteiger partial charge in [-0.25, -0.2) is 13.6 Å². The molecule has 20 heavy (non-hydrogen) atoms. The molecule has 0 heterocycles. The van der Waals surface area contributed by atoms with Crippen LogP contribution in [-0.2, 0) is 22.9 Å². The minimum atomic E-state index is -3.65. The van der Waals surface area contributed by atoms with Crippen molar-refractivity contribution in [1.82, 2.24) is 0 Å². The molecule has 2 aromatic carbocycles. The number of nitrogens with one attached hydrogen (secondary N) is 1. The van der Waals surface area contributed by atoms with Crippen LogP contribution in [0.1, 0.15) is 11.1 Å². The number of hydrogen-bond acceptors (Lipinski definition) is 3. The molecule has 0 saturated carbocycles. The van der Waals surface area contributed by atoms with E-state index in [2.05, 4.69) is 17.4 Å². The second kappa shape index (κ2) is 4.92. The largest absolute Gasteiger partial charge is 0.382 e. The lowest BCUT2D eigenvalue weighted by Gasteiger charge is -2.14. The molecule has 0 atom stereocenters. The van der Waals surface area contributed by atoms with Gasteiger partial charge < -0.3 is 5.32 Å². The molecule has 0 unspecified atom stereocenters. The van der Waals surface area contributed by atoms with Gasteiger partial charge in [0.2, 0.25) is 10.0 Å². The fraction of sp³-hybridized carbons (Fsp3) is 0.200. The van der Waals surface area contributed by atoms with Gasteiger partial charge in [0, 0.05) is 11.7 Å². The number of nitrogens with two attached hydrogens (primary N) is 1. The van der Waals surface area contributed by atoms with Gasteiger partial charge in [0.25, 0.3) is 0 Å². The third-order valence-electron chi connectivity index (χ3n) is 3.58. The summed E-state index contributed by atoms with van der Waals surface area (Å²) in [7, 11) is -3.65. The highest BCUT2D eigenvalue weighted by atomic mass is 32.2. The number of anilines is 1. The summed E-state index contributed by atoms with van der Waals surface area (Å²) in [6.45, 7) is 0. The average molecular weight is 288 g/mol. The first-order valence-corrected chi connectivity index (χ1v) is 8.03. The van der Waals surface area contributed by atoms with Crippen molar-refractivity contribution in [2.24, 2.45) is 5.14 Å². The lowest BCUT2D eigenvalue weighted by molar-refractivity contribution is 0.598. The molecule has 3 N–H and O–H groups in total. The fourth-order valence-corrected chi connectivity index (χ4v) is 3.22. The van der Waals surface area contributed by atoms with E-state index in [4.69, 9.17) is 5.14 Å². The van der Waals surface area contributed by atoms with Crippen LogP contribution >= 0.6 is 0 Å². The molecule has 0 spiro atoms. The van der Waals surface area contributed by atoms with Gasteiger partial charge in [-0.3, -0.25) is 0 Å². The summed E-state index contributed by atoms with van der Waals surface area (Å²) in [5.41, 5.74) is 3.49. The van der Waals surface area contributed by atoms with E-state index in [-0.39, 0.29) is 4.90 Å². The molecule has 1 aliphatic rings. The van der Waals surface area contributed by atoms with Crippen molar-refractivity contribution in [3.63, 3.8) is 0 Å². The summed E-state index contributed by atoms with van der Waals surface area (Å²) >= 11 is 0. The Kier molecular flexibility index (Phi) is 3.23. The van der Waals surface area contributed by atoms with Gasteiger partial charge in [0.15, 0.2) is 0 Å². The highest BCUT2D eigenvalue weighted by Gasteiger charge is 2.20. The Morgan fingerprint density at radius 2 is 1.65 bits per heavy atom. The molecule has 5 heteroatoms. The summed E-state index contributed by atoms with van der Waals surface area (Å²) in [5.74, 6) is 0. The molecule has 1 aliphatic carbocycles. The smallest absolute Gasteiger partial charge is 0.238 e. The standard InChI is InChI=1S/C15H16N2O2S/c16-20(18,19)15-7-3-6-13(10-15)17-14-8-11-4-1-2-5-12(11)9-14/h1-7,10,14,17H,8-9H2,(H2,16,18,19). The van der Waals surface area contributed by atoms with Crippen LogP contribution in [0.4, 0.5) is 5.69 Å². The maximum absolute atomic E-state index is 11.4. The van der Waals surface area contributed by atoms with E-state index >= 15 is 0 Å². The maximum atomic E-state index is 11.4. The van der Waals surface area contributed by atoms with Crippen LogP contribution in [0.5, 0.6) is 0 Å². The lowest BCUT2D eigenvalue weighted by Crippen LogP contribution is -2.20. The highest BCUT2D eigenvalue weighted by Crippen LogP contribution is 2.25. The molecular weight excluding hydrogens is 272 g/mol. The van der Waals surface area contributed by atoms with Gasteiger partial charge >= 0.3 is 0 Å². The molecule has 0 fully saturated rings. The first kappa shape index (κ1) is 13.1. The van der Waals surface area contributed by atoms with Crippen molar-refractivity contribution in [1.29, 1.82) is 0 Å². The van der Waals surface area contributed by atoms with Crippen molar-refractivity contribution in [3.05, 3.63) is 59.7 Å². The van der Waals surface area contributed by atoms with E-state index in [0.29, 0.717) is 6.04 Å². The zero-order valence-electron chi connectivity index (χ0n) is 10.9. The summed E-state index contributed by atoms with van der Waals surface area (Å²) < 4.78 is 22.7. The van der Waals surface area contributed by atoms with Crippen molar-refractivity contribution in [3.8, 4) is 0 Å². The zero-order chi connectivity index (χ0) is 14.2. The van der Waals surface area contributed by atoms with Gasteiger partial charge in [-0.05, 0) is 42.2 Å². The molecule has 0 saturated heterocycles. The third-order valence-corrected chi connectivity index (χ3v) is 4.50. The van der Waals surface area contributed by atoms with Crippen LogP contribution < -0.4 is 10.5 Å². The molecule has 0 aromatic heterocycles. The van der Waals surface area contributed by atoms with Crippen LogP contribution in [0.25, 0.3) is 0 Å². The van der Waals surface area contributed by atoms with Crippen LogP contribution in [-0.4, -0.2) is 14.5 Å². The predicted molar refractivity (Wildman–Crippen MR) is 79.1 cm³/mol. The Morgan fingerprint density at radius 3 is 2.25 bits per heavy atom. The van der Waals surface area contributed by atoms with Gasteiger partial charge in [-0.15, -0.1) is 0 Å². The van der Waals surface area contributed by atoms with Crippen molar-refractivity contribution in [2.75, 3.05) is 5.32 Å². The molecular formula is C15H16N2O2S. The molecule has 2 aromatic rings. The molecule has 3 rings (SSSR count). The molecule has 4 nitrogen and oxygen atoms in total. The van der Waals surface area contributed by atoms with Crippen LogP contribution in [0.3, 0.4) is 0 Å². The predicted octanol–water partition coefficient (Wildman–Crippen LogP) is 1.91. The monoisotopic (exact) mass is 288 g/mol. The quantitative estimate of drug-likeness (QED) is 0.906. The minimum Gasteiger partial charge on any atom is -0.382 e. The second-order valence-corrected chi connectivity index (χ2v) is 6.65. The Morgan fingerprint density at radius 1 is 1.00 bits per heavy atom. The fourth-order valence-electron chi connectivity index (χ4n) is 2.66. The van der Waals surface area contributed by atoms with E-state index in [1.807, 2.05) is 18.2 Å². The molecule has 0 amide bonds. The molecule has 104 valence electrons. The van der Waals surface area contributed by atoms with Crippen molar-refractivity contribution in [2.45, 2.75) is 23.8 Å². The molecule has 0 bridgehead atoms. The Balaban J connectivity index is 1.77. The Hall–Kier alpha value is -1.85. The first-order chi connectivity index (χ1) is 9.52. The number of sulfonamides is 1. The number of fused-ring (bicyclic) bond motifs is 1. The van der Waals surface area contributed by atoms with E-state index in [1.54, 1.807) is 12.1 Å². The maximum Gasteiger partial charge on any atom is 0.238 e.